The van der Waals surface area contributed by atoms with Crippen molar-refractivity contribution in [3.05, 3.63) is 29.3 Å². The third-order valence-electron chi connectivity index (χ3n) is 3.69. The van der Waals surface area contributed by atoms with Gasteiger partial charge in [0.2, 0.25) is 0 Å². The molecule has 0 spiro atoms. The van der Waals surface area contributed by atoms with Crippen LogP contribution in [0.15, 0.2) is 18.2 Å². The number of piperidine rings is 1. The standard InChI is InChI=1S/C15H20N2O3/c1-10-5-6-11(2)13(8-10)16-15(20)17-7-3-4-12(9-17)14(18)19/h5-6,8,12H,3-4,7,9H2,1-2H3,(H,16,20)(H,18,19)/t12-/m0/s1. The van der Waals surface area contributed by atoms with Crippen LogP contribution in [0.5, 0.6) is 0 Å². The summed E-state index contributed by atoms with van der Waals surface area (Å²) in [7, 11) is 0. The predicted octanol–water partition coefficient (Wildman–Crippen LogP) is 2.63. The molecule has 5 heteroatoms. The summed E-state index contributed by atoms with van der Waals surface area (Å²) in [5.74, 6) is -1.28. The number of carboxylic acid groups (broad SMARTS) is 1. The summed E-state index contributed by atoms with van der Waals surface area (Å²) in [5.41, 5.74) is 2.86. The van der Waals surface area contributed by atoms with Crippen molar-refractivity contribution in [3.63, 3.8) is 0 Å². The van der Waals surface area contributed by atoms with E-state index in [-0.39, 0.29) is 12.6 Å². The molecule has 2 N–H and O–H groups in total. The smallest absolute Gasteiger partial charge is 0.321 e. The number of hydrogen-bond donors (Lipinski definition) is 2. The highest BCUT2D eigenvalue weighted by Gasteiger charge is 2.28. The van der Waals surface area contributed by atoms with E-state index in [1.165, 1.54) is 0 Å². The van der Waals surface area contributed by atoms with Gasteiger partial charge in [0.05, 0.1) is 5.92 Å². The zero-order chi connectivity index (χ0) is 14.7. The number of urea groups is 1. The van der Waals surface area contributed by atoms with E-state index in [4.69, 9.17) is 5.11 Å². The van der Waals surface area contributed by atoms with Gasteiger partial charge in [-0.15, -0.1) is 0 Å². The number of carbonyl (C=O) groups is 2. The van der Waals surface area contributed by atoms with Gasteiger partial charge >= 0.3 is 12.0 Å². The lowest BCUT2D eigenvalue weighted by Crippen LogP contribution is -2.44. The Morgan fingerprint density at radius 3 is 2.80 bits per heavy atom. The minimum absolute atomic E-state index is 0.218. The SMILES string of the molecule is Cc1ccc(C)c(NC(=O)N2CCC[C@H](C(=O)O)C2)c1. The second-order valence-electron chi connectivity index (χ2n) is 5.37. The number of aryl methyl sites for hydroxylation is 2. The van der Waals surface area contributed by atoms with E-state index in [1.54, 1.807) is 4.90 Å². The molecule has 0 unspecified atom stereocenters. The van der Waals surface area contributed by atoms with Gasteiger partial charge < -0.3 is 15.3 Å². The Balaban J connectivity index is 2.04. The first-order chi connectivity index (χ1) is 9.47. The van der Waals surface area contributed by atoms with Gasteiger partial charge in [-0.2, -0.15) is 0 Å². The zero-order valence-corrected chi connectivity index (χ0v) is 11.8. The number of carbonyl (C=O) groups excluding carboxylic acids is 1. The Labute approximate surface area is 118 Å². The Hall–Kier alpha value is -2.04. The van der Waals surface area contributed by atoms with Crippen LogP contribution < -0.4 is 5.32 Å². The highest BCUT2D eigenvalue weighted by molar-refractivity contribution is 5.90. The molecule has 5 nitrogen and oxygen atoms in total. The summed E-state index contributed by atoms with van der Waals surface area (Å²) in [6.07, 6.45) is 1.37. The Morgan fingerprint density at radius 1 is 1.35 bits per heavy atom. The van der Waals surface area contributed by atoms with Gasteiger partial charge in [-0.05, 0) is 43.9 Å². The molecule has 0 aromatic heterocycles. The van der Waals surface area contributed by atoms with E-state index in [2.05, 4.69) is 5.32 Å². The first-order valence-corrected chi connectivity index (χ1v) is 6.83. The molecule has 0 saturated carbocycles. The first-order valence-electron chi connectivity index (χ1n) is 6.83. The highest BCUT2D eigenvalue weighted by Crippen LogP contribution is 2.20. The molecule has 1 aliphatic rings. The van der Waals surface area contributed by atoms with E-state index in [9.17, 15) is 9.59 Å². The lowest BCUT2D eigenvalue weighted by atomic mass is 9.99. The number of aliphatic carboxylic acids is 1. The fourth-order valence-electron chi connectivity index (χ4n) is 2.43. The molecule has 1 atom stereocenters. The van der Waals surface area contributed by atoms with Crippen molar-refractivity contribution in [3.8, 4) is 0 Å². The molecule has 1 saturated heterocycles. The summed E-state index contributed by atoms with van der Waals surface area (Å²) in [6.45, 7) is 4.80. The molecule has 2 amide bonds. The maximum atomic E-state index is 12.2. The molecule has 2 rings (SSSR count). The van der Waals surface area contributed by atoms with Crippen molar-refractivity contribution in [1.82, 2.24) is 4.90 Å². The van der Waals surface area contributed by atoms with E-state index in [0.29, 0.717) is 13.0 Å². The van der Waals surface area contributed by atoms with Gasteiger partial charge in [0, 0.05) is 18.8 Å². The van der Waals surface area contributed by atoms with Crippen LogP contribution in [0.1, 0.15) is 24.0 Å². The molecule has 108 valence electrons. The number of nitrogens with zero attached hydrogens (tertiary/aromatic N) is 1. The van der Waals surface area contributed by atoms with Crippen molar-refractivity contribution in [2.24, 2.45) is 5.92 Å². The minimum atomic E-state index is -0.825. The topological polar surface area (TPSA) is 69.6 Å². The number of hydrogen-bond acceptors (Lipinski definition) is 2. The van der Waals surface area contributed by atoms with Gasteiger partial charge in [-0.3, -0.25) is 4.79 Å². The van der Waals surface area contributed by atoms with Gasteiger partial charge in [-0.25, -0.2) is 4.79 Å². The zero-order valence-electron chi connectivity index (χ0n) is 11.8. The summed E-state index contributed by atoms with van der Waals surface area (Å²) < 4.78 is 0. The third kappa shape index (κ3) is 3.29. The monoisotopic (exact) mass is 276 g/mol. The number of likely N-dealkylation sites (tertiary alicyclic amines) is 1. The molecular formula is C15H20N2O3. The Kier molecular flexibility index (Phi) is 4.27. The molecule has 1 aromatic rings. The summed E-state index contributed by atoms with van der Waals surface area (Å²) >= 11 is 0. The second kappa shape index (κ2) is 5.94. The fraction of sp³-hybridized carbons (Fsp3) is 0.467. The van der Waals surface area contributed by atoms with Crippen molar-refractivity contribution >= 4 is 17.7 Å². The molecule has 0 aliphatic carbocycles. The van der Waals surface area contributed by atoms with Gasteiger partial charge in [0.25, 0.3) is 0 Å². The molecule has 1 aromatic carbocycles. The van der Waals surface area contributed by atoms with Crippen LogP contribution in [-0.4, -0.2) is 35.1 Å². The van der Waals surface area contributed by atoms with Crippen molar-refractivity contribution in [2.45, 2.75) is 26.7 Å². The van der Waals surface area contributed by atoms with Crippen LogP contribution >= 0.6 is 0 Å². The van der Waals surface area contributed by atoms with E-state index in [0.717, 1.165) is 23.2 Å². The Morgan fingerprint density at radius 2 is 2.10 bits per heavy atom. The van der Waals surface area contributed by atoms with Crippen LogP contribution in [-0.2, 0) is 4.79 Å². The summed E-state index contributed by atoms with van der Waals surface area (Å²) in [6, 6.07) is 5.66. The first kappa shape index (κ1) is 14.4. The van der Waals surface area contributed by atoms with Crippen molar-refractivity contribution in [2.75, 3.05) is 18.4 Å². The second-order valence-corrected chi connectivity index (χ2v) is 5.37. The van der Waals surface area contributed by atoms with E-state index in [1.807, 2.05) is 32.0 Å². The lowest BCUT2D eigenvalue weighted by molar-refractivity contribution is -0.143. The average Bonchev–Trinajstić information content (AvgIpc) is 2.43. The molecule has 0 radical (unpaired) electrons. The predicted molar refractivity (Wildman–Crippen MR) is 76.9 cm³/mol. The number of nitrogens with one attached hydrogen (secondary N) is 1. The average molecular weight is 276 g/mol. The molecule has 1 aliphatic heterocycles. The van der Waals surface area contributed by atoms with Gasteiger partial charge in [0.1, 0.15) is 0 Å². The van der Waals surface area contributed by atoms with Crippen LogP contribution in [0.25, 0.3) is 0 Å². The van der Waals surface area contributed by atoms with Crippen LogP contribution in [0, 0.1) is 19.8 Å². The van der Waals surface area contributed by atoms with E-state index < -0.39 is 11.9 Å². The molecule has 1 heterocycles. The number of anilines is 1. The lowest BCUT2D eigenvalue weighted by Gasteiger charge is -2.30. The summed E-state index contributed by atoms with van der Waals surface area (Å²) in [5, 5.41) is 11.9. The molecule has 20 heavy (non-hydrogen) atoms. The number of carboxylic acids is 1. The van der Waals surface area contributed by atoms with Crippen LogP contribution in [0.2, 0.25) is 0 Å². The fourth-order valence-corrected chi connectivity index (χ4v) is 2.43. The normalized spacial score (nSPS) is 18.7. The maximum Gasteiger partial charge on any atom is 0.321 e. The van der Waals surface area contributed by atoms with Gasteiger partial charge in [0.15, 0.2) is 0 Å². The molecular weight excluding hydrogens is 256 g/mol. The molecule has 1 fully saturated rings. The third-order valence-corrected chi connectivity index (χ3v) is 3.69. The van der Waals surface area contributed by atoms with E-state index >= 15 is 0 Å². The highest BCUT2D eigenvalue weighted by atomic mass is 16.4. The minimum Gasteiger partial charge on any atom is -0.481 e. The number of benzene rings is 1. The number of amides is 2. The number of rotatable bonds is 2. The largest absolute Gasteiger partial charge is 0.481 e. The van der Waals surface area contributed by atoms with Gasteiger partial charge in [-0.1, -0.05) is 12.1 Å². The quantitative estimate of drug-likeness (QED) is 0.872. The Bertz CT molecular complexity index is 528. The van der Waals surface area contributed by atoms with Crippen LogP contribution in [0.4, 0.5) is 10.5 Å². The maximum absolute atomic E-state index is 12.2. The van der Waals surface area contributed by atoms with Crippen LogP contribution in [0.3, 0.4) is 0 Å². The van der Waals surface area contributed by atoms with Crippen molar-refractivity contribution in [1.29, 1.82) is 0 Å². The summed E-state index contributed by atoms with van der Waals surface area (Å²) in [4.78, 5) is 24.8. The molecule has 0 bridgehead atoms. The van der Waals surface area contributed by atoms with Crippen molar-refractivity contribution < 1.29 is 14.7 Å².